The Hall–Kier alpha value is -1.46. The zero-order chi connectivity index (χ0) is 15.4. The van der Waals surface area contributed by atoms with E-state index in [0.717, 1.165) is 0 Å². The molecule has 0 aromatic heterocycles. The van der Waals surface area contributed by atoms with Crippen LogP contribution in [0.5, 0.6) is 0 Å². The second-order valence-electron chi connectivity index (χ2n) is 4.57. The second-order valence-corrected chi connectivity index (χ2v) is 4.57. The van der Waals surface area contributed by atoms with Crippen molar-refractivity contribution >= 4 is 17.2 Å². The van der Waals surface area contributed by atoms with Crippen molar-refractivity contribution in [1.82, 2.24) is 0 Å². The molecule has 0 aromatic rings. The third-order valence-corrected chi connectivity index (χ3v) is 2.75. The molecule has 3 nitrogen and oxygen atoms in total. The lowest BCUT2D eigenvalue weighted by Gasteiger charge is -2.16. The lowest BCUT2D eigenvalue weighted by molar-refractivity contribution is -0.114. The highest BCUT2D eigenvalue weighted by Crippen LogP contribution is 2.23. The van der Waals surface area contributed by atoms with Crippen LogP contribution in [0.4, 0.5) is 13.2 Å². The van der Waals surface area contributed by atoms with Crippen LogP contribution in [0, 0.1) is 11.3 Å². The van der Waals surface area contributed by atoms with Crippen LogP contribution >= 0.6 is 0 Å². The number of halogens is 3. The van der Waals surface area contributed by atoms with Crippen LogP contribution in [0.25, 0.3) is 0 Å². The van der Waals surface area contributed by atoms with Crippen molar-refractivity contribution in [2.24, 2.45) is 10.9 Å². The van der Waals surface area contributed by atoms with Crippen LogP contribution in [-0.2, 0) is 4.79 Å². The van der Waals surface area contributed by atoms with Gasteiger partial charge in [-0.25, -0.2) is 0 Å². The first-order valence-electron chi connectivity index (χ1n) is 5.84. The van der Waals surface area contributed by atoms with Crippen molar-refractivity contribution < 1.29 is 18.0 Å². The van der Waals surface area contributed by atoms with Gasteiger partial charge in [0, 0.05) is 24.8 Å². The number of carbonyl (C=O) groups is 1. The van der Waals surface area contributed by atoms with E-state index in [-0.39, 0.29) is 17.4 Å². The zero-order valence-corrected chi connectivity index (χ0v) is 11.8. The van der Waals surface area contributed by atoms with Gasteiger partial charge in [0.1, 0.15) is 5.71 Å². The first-order valence-corrected chi connectivity index (χ1v) is 5.84. The van der Waals surface area contributed by atoms with Gasteiger partial charge in [-0.05, 0) is 25.3 Å². The Morgan fingerprint density at radius 2 is 1.74 bits per heavy atom. The highest BCUT2D eigenvalue weighted by molar-refractivity contribution is 6.15. The average molecular weight is 276 g/mol. The van der Waals surface area contributed by atoms with E-state index >= 15 is 0 Å². The number of nitrogens with one attached hydrogen (secondary N) is 1. The fourth-order valence-electron chi connectivity index (χ4n) is 1.91. The number of aliphatic imine (C=N–C) groups is 1. The van der Waals surface area contributed by atoms with Gasteiger partial charge in [-0.1, -0.05) is 13.8 Å². The lowest BCUT2D eigenvalue weighted by atomic mass is 9.91. The molecule has 0 bridgehead atoms. The second kappa shape index (κ2) is 6.63. The van der Waals surface area contributed by atoms with E-state index in [2.05, 4.69) is 4.99 Å². The summed E-state index contributed by atoms with van der Waals surface area (Å²) in [6.45, 7) is 6.54. The SMILES string of the molecule is CN=C(CC(=N)C(F)(F)F)/C(C)=C(/C(C)=O)C(C)C. The predicted molar refractivity (Wildman–Crippen MR) is 70.0 cm³/mol. The van der Waals surface area contributed by atoms with E-state index in [1.54, 1.807) is 20.8 Å². The Kier molecular flexibility index (Phi) is 6.12. The summed E-state index contributed by atoms with van der Waals surface area (Å²) in [6.07, 6.45) is -5.28. The van der Waals surface area contributed by atoms with Crippen LogP contribution in [0.3, 0.4) is 0 Å². The number of alkyl halides is 3. The molecule has 0 aliphatic heterocycles. The topological polar surface area (TPSA) is 53.3 Å². The molecule has 0 spiro atoms. The Bertz CT molecular complexity index is 432. The van der Waals surface area contributed by atoms with Gasteiger partial charge < -0.3 is 5.41 Å². The van der Waals surface area contributed by atoms with Gasteiger partial charge in [0.15, 0.2) is 5.78 Å². The van der Waals surface area contributed by atoms with Gasteiger partial charge in [0.25, 0.3) is 0 Å². The summed E-state index contributed by atoms with van der Waals surface area (Å²) in [4.78, 5) is 15.3. The molecule has 1 N–H and O–H groups in total. The number of rotatable bonds is 5. The summed E-state index contributed by atoms with van der Waals surface area (Å²) in [6, 6.07) is 0. The average Bonchev–Trinajstić information content (AvgIpc) is 2.22. The molecule has 0 heterocycles. The first-order chi connectivity index (χ1) is 8.52. The van der Waals surface area contributed by atoms with E-state index in [9.17, 15) is 18.0 Å². The minimum atomic E-state index is -4.66. The number of hydrogen-bond donors (Lipinski definition) is 1. The molecule has 0 aliphatic rings. The summed E-state index contributed by atoms with van der Waals surface area (Å²) < 4.78 is 37.1. The molecule has 19 heavy (non-hydrogen) atoms. The fourth-order valence-corrected chi connectivity index (χ4v) is 1.91. The molecule has 0 rings (SSSR count). The molecule has 0 saturated heterocycles. The monoisotopic (exact) mass is 276 g/mol. The van der Waals surface area contributed by atoms with E-state index in [1.165, 1.54) is 14.0 Å². The van der Waals surface area contributed by atoms with Gasteiger partial charge in [0.2, 0.25) is 0 Å². The number of ketones is 1. The highest BCUT2D eigenvalue weighted by atomic mass is 19.4. The lowest BCUT2D eigenvalue weighted by Crippen LogP contribution is -2.26. The first kappa shape index (κ1) is 17.5. The zero-order valence-electron chi connectivity index (χ0n) is 11.8. The summed E-state index contributed by atoms with van der Waals surface area (Å²) >= 11 is 0. The van der Waals surface area contributed by atoms with Crippen LogP contribution < -0.4 is 0 Å². The maximum atomic E-state index is 12.4. The van der Waals surface area contributed by atoms with E-state index in [0.29, 0.717) is 11.1 Å². The molecular weight excluding hydrogens is 257 g/mol. The van der Waals surface area contributed by atoms with Crippen molar-refractivity contribution in [3.8, 4) is 0 Å². The molecular formula is C13H19F3N2O. The molecule has 0 radical (unpaired) electrons. The molecule has 6 heteroatoms. The number of allylic oxidation sites excluding steroid dienone is 2. The summed E-state index contributed by atoms with van der Waals surface area (Å²) in [7, 11) is 1.36. The molecule has 0 fully saturated rings. The van der Waals surface area contributed by atoms with Crippen LogP contribution in [0.1, 0.15) is 34.1 Å². The number of nitrogens with zero attached hydrogens (tertiary/aromatic N) is 1. The smallest absolute Gasteiger partial charge is 0.300 e. The third-order valence-electron chi connectivity index (χ3n) is 2.75. The summed E-state index contributed by atoms with van der Waals surface area (Å²) in [5.74, 6) is -0.290. The maximum Gasteiger partial charge on any atom is 0.429 e. The molecule has 0 amide bonds. The molecule has 0 saturated carbocycles. The number of hydrogen-bond acceptors (Lipinski definition) is 3. The predicted octanol–water partition coefficient (Wildman–Crippen LogP) is 3.59. The summed E-state index contributed by atoms with van der Waals surface area (Å²) in [5.41, 5.74) is -0.352. The molecule has 0 unspecified atom stereocenters. The molecule has 108 valence electrons. The molecule has 0 atom stereocenters. The van der Waals surface area contributed by atoms with Gasteiger partial charge >= 0.3 is 6.18 Å². The van der Waals surface area contributed by atoms with E-state index in [4.69, 9.17) is 5.41 Å². The van der Waals surface area contributed by atoms with Crippen LogP contribution in [0.2, 0.25) is 0 Å². The van der Waals surface area contributed by atoms with Gasteiger partial charge in [0.05, 0.1) is 0 Å². The molecule has 0 aliphatic carbocycles. The standard InChI is InChI=1S/C13H19F3N2O/c1-7(2)12(9(4)19)8(3)10(18-5)6-11(17)13(14,15)16/h7,17H,6H2,1-5H3/b12-8+,17-11?,18-10?. The van der Waals surface area contributed by atoms with Crippen molar-refractivity contribution in [3.63, 3.8) is 0 Å². The Morgan fingerprint density at radius 3 is 2.00 bits per heavy atom. The van der Waals surface area contributed by atoms with Gasteiger partial charge in [-0.15, -0.1) is 0 Å². The molecule has 0 aromatic carbocycles. The fraction of sp³-hybridized carbons (Fsp3) is 0.615. The largest absolute Gasteiger partial charge is 0.429 e. The number of Topliss-reactive ketones (excluding diaryl/α,β-unsaturated/α-hetero) is 1. The van der Waals surface area contributed by atoms with Gasteiger partial charge in [-0.3, -0.25) is 9.79 Å². The van der Waals surface area contributed by atoms with Crippen molar-refractivity contribution in [2.45, 2.75) is 40.3 Å². The maximum absolute atomic E-state index is 12.4. The third kappa shape index (κ3) is 4.96. The van der Waals surface area contributed by atoms with Gasteiger partial charge in [-0.2, -0.15) is 13.2 Å². The Morgan fingerprint density at radius 1 is 1.26 bits per heavy atom. The van der Waals surface area contributed by atoms with Crippen molar-refractivity contribution in [2.75, 3.05) is 7.05 Å². The number of carbonyl (C=O) groups excluding carboxylic acids is 1. The summed E-state index contributed by atoms with van der Waals surface area (Å²) in [5, 5.41) is 7.01. The minimum absolute atomic E-state index is 0.102. The van der Waals surface area contributed by atoms with E-state index in [1.807, 2.05) is 0 Å². The van der Waals surface area contributed by atoms with Crippen LogP contribution in [-0.4, -0.2) is 30.4 Å². The Balaban J connectivity index is 5.45. The normalized spacial score (nSPS) is 14.5. The van der Waals surface area contributed by atoms with Crippen molar-refractivity contribution in [1.29, 1.82) is 5.41 Å². The van der Waals surface area contributed by atoms with Crippen molar-refractivity contribution in [3.05, 3.63) is 11.1 Å². The quantitative estimate of drug-likeness (QED) is 0.605. The highest BCUT2D eigenvalue weighted by Gasteiger charge is 2.35. The van der Waals surface area contributed by atoms with Crippen LogP contribution in [0.15, 0.2) is 16.1 Å². The van der Waals surface area contributed by atoms with E-state index < -0.39 is 18.3 Å². The minimum Gasteiger partial charge on any atom is -0.300 e. The Labute approximate surface area is 111 Å².